The average molecular weight is 633 g/mol. The highest BCUT2D eigenvalue weighted by Gasteiger charge is 2.35. The van der Waals surface area contributed by atoms with E-state index >= 15 is 0 Å². The molecule has 0 saturated carbocycles. The van der Waals surface area contributed by atoms with Crippen LogP contribution in [0.1, 0.15) is 16.7 Å². The first-order valence-electron chi connectivity index (χ1n) is 11.0. The van der Waals surface area contributed by atoms with Gasteiger partial charge in [0.05, 0.1) is 27.5 Å². The molecule has 1 fully saturated rings. The maximum atomic E-state index is 12.9. The maximum absolute atomic E-state index is 12.9. The summed E-state index contributed by atoms with van der Waals surface area (Å²) in [5, 5.41) is -0.328. The fourth-order valence-electron chi connectivity index (χ4n) is 3.47. The number of halogens is 2. The lowest BCUT2D eigenvalue weighted by Crippen LogP contribution is -2.32. The molecule has 1 aliphatic heterocycles. The van der Waals surface area contributed by atoms with Crippen LogP contribution in [0.5, 0.6) is 17.2 Å². The number of para-hydroxylation sites is 2. The minimum absolute atomic E-state index is 0.138. The van der Waals surface area contributed by atoms with E-state index in [-0.39, 0.29) is 24.3 Å². The Kier molecular flexibility index (Phi) is 8.77. The summed E-state index contributed by atoms with van der Waals surface area (Å²) in [4.78, 5) is 26.9. The second kappa shape index (κ2) is 12.0. The van der Waals surface area contributed by atoms with Gasteiger partial charge in [-0.3, -0.25) is 14.5 Å². The lowest BCUT2D eigenvalue weighted by Gasteiger charge is -2.14. The van der Waals surface area contributed by atoms with Crippen molar-refractivity contribution in [2.75, 3.05) is 20.3 Å². The smallest absolute Gasteiger partial charge is 0.293 e. The lowest BCUT2D eigenvalue weighted by molar-refractivity contribution is -0.123. The van der Waals surface area contributed by atoms with Gasteiger partial charge in [0.25, 0.3) is 11.1 Å². The van der Waals surface area contributed by atoms with Crippen molar-refractivity contribution in [3.63, 3.8) is 0 Å². The number of benzene rings is 3. The summed E-state index contributed by atoms with van der Waals surface area (Å²) in [6.45, 7) is 2.77. The van der Waals surface area contributed by atoms with Gasteiger partial charge in [0.15, 0.2) is 11.5 Å². The highest BCUT2D eigenvalue weighted by Crippen LogP contribution is 2.38. The Balaban J connectivity index is 1.40. The average Bonchev–Trinajstić information content (AvgIpc) is 3.12. The fraction of sp³-hybridized carbons (Fsp3) is 0.185. The maximum Gasteiger partial charge on any atom is 0.293 e. The summed E-state index contributed by atoms with van der Waals surface area (Å²) < 4.78 is 18.5. The van der Waals surface area contributed by atoms with Crippen molar-refractivity contribution < 1.29 is 23.8 Å². The molecule has 0 radical (unpaired) electrons. The number of carbonyl (C=O) groups excluding carboxylic acids is 2. The number of imide groups is 1. The van der Waals surface area contributed by atoms with E-state index in [1.165, 1.54) is 10.5 Å². The van der Waals surface area contributed by atoms with Crippen LogP contribution in [0.4, 0.5) is 4.79 Å². The fourth-order valence-corrected chi connectivity index (χ4v) is 5.79. The number of methoxy groups -OCH3 is 1. The molecule has 4 rings (SSSR count). The number of aryl methyl sites for hydroxylation is 1. The highest BCUT2D eigenvalue weighted by molar-refractivity contribution is 9.11. The Morgan fingerprint density at radius 3 is 2.28 bits per heavy atom. The van der Waals surface area contributed by atoms with Crippen LogP contribution in [0.3, 0.4) is 0 Å². The number of hydrogen-bond donors (Lipinski definition) is 0. The lowest BCUT2D eigenvalue weighted by atomic mass is 10.1. The molecule has 3 aromatic rings. The van der Waals surface area contributed by atoms with Crippen molar-refractivity contribution in [3.05, 3.63) is 91.2 Å². The van der Waals surface area contributed by atoms with Gasteiger partial charge < -0.3 is 14.2 Å². The predicted molar refractivity (Wildman–Crippen MR) is 149 cm³/mol. The van der Waals surface area contributed by atoms with Gasteiger partial charge in [0, 0.05) is 0 Å². The molecule has 1 heterocycles. The summed E-state index contributed by atoms with van der Waals surface area (Å²) in [7, 11) is 1.56. The molecule has 1 saturated heterocycles. The number of carbonyl (C=O) groups is 2. The Labute approximate surface area is 230 Å². The van der Waals surface area contributed by atoms with Gasteiger partial charge in [0.1, 0.15) is 19.0 Å². The highest BCUT2D eigenvalue weighted by atomic mass is 79.9. The van der Waals surface area contributed by atoms with Crippen molar-refractivity contribution in [1.82, 2.24) is 4.90 Å². The normalized spacial score (nSPS) is 14.4. The molecule has 186 valence electrons. The number of rotatable bonds is 9. The second-order valence-electron chi connectivity index (χ2n) is 7.92. The number of nitrogens with zero attached hydrogens (tertiary/aromatic N) is 1. The minimum atomic E-state index is -0.347. The van der Waals surface area contributed by atoms with Crippen LogP contribution < -0.4 is 14.2 Å². The molecule has 9 heteroatoms. The quantitative estimate of drug-likeness (QED) is 0.232. The third-order valence-electron chi connectivity index (χ3n) is 5.34. The second-order valence-corrected chi connectivity index (χ2v) is 10.6. The van der Waals surface area contributed by atoms with Gasteiger partial charge >= 0.3 is 0 Å². The summed E-state index contributed by atoms with van der Waals surface area (Å²) in [6, 6.07) is 19.1. The minimum Gasteiger partial charge on any atom is -0.493 e. The third-order valence-corrected chi connectivity index (χ3v) is 7.42. The van der Waals surface area contributed by atoms with E-state index in [2.05, 4.69) is 31.9 Å². The van der Waals surface area contributed by atoms with Crippen LogP contribution in [-0.4, -0.2) is 36.3 Å². The zero-order valence-electron chi connectivity index (χ0n) is 19.6. The molecule has 0 spiro atoms. The first-order valence-corrected chi connectivity index (χ1v) is 13.4. The van der Waals surface area contributed by atoms with Gasteiger partial charge in [-0.1, -0.05) is 42.0 Å². The molecule has 3 aromatic carbocycles. The third kappa shape index (κ3) is 6.32. The molecular weight excluding hydrogens is 610 g/mol. The van der Waals surface area contributed by atoms with Crippen molar-refractivity contribution in [2.45, 2.75) is 13.5 Å². The van der Waals surface area contributed by atoms with Crippen molar-refractivity contribution in [1.29, 1.82) is 0 Å². The summed E-state index contributed by atoms with van der Waals surface area (Å²) in [5.41, 5.74) is 3.01. The number of amides is 2. The van der Waals surface area contributed by atoms with Crippen molar-refractivity contribution >= 4 is 60.8 Å². The largest absolute Gasteiger partial charge is 0.493 e. The first kappa shape index (κ1) is 26.3. The first-order chi connectivity index (χ1) is 17.4. The van der Waals surface area contributed by atoms with Gasteiger partial charge in [0.2, 0.25) is 0 Å². The Morgan fingerprint density at radius 2 is 1.61 bits per heavy atom. The van der Waals surface area contributed by atoms with Crippen molar-refractivity contribution in [2.24, 2.45) is 0 Å². The van der Waals surface area contributed by atoms with Gasteiger partial charge in [-0.15, -0.1) is 0 Å². The van der Waals surface area contributed by atoms with Crippen LogP contribution in [-0.2, 0) is 11.4 Å². The van der Waals surface area contributed by atoms with Crippen LogP contribution >= 0.6 is 43.6 Å². The zero-order chi connectivity index (χ0) is 25.7. The van der Waals surface area contributed by atoms with Gasteiger partial charge in [-0.2, -0.15) is 0 Å². The van der Waals surface area contributed by atoms with Crippen LogP contribution in [0.25, 0.3) is 6.08 Å². The Morgan fingerprint density at radius 1 is 0.944 bits per heavy atom. The molecule has 36 heavy (non-hydrogen) atoms. The van der Waals surface area contributed by atoms with E-state index in [9.17, 15) is 9.59 Å². The number of hydrogen-bond acceptors (Lipinski definition) is 6. The van der Waals surface area contributed by atoms with E-state index in [0.29, 0.717) is 28.8 Å². The van der Waals surface area contributed by atoms with E-state index in [4.69, 9.17) is 14.2 Å². The Bertz CT molecular complexity index is 1290. The van der Waals surface area contributed by atoms with Gasteiger partial charge in [-0.05, 0) is 92.0 Å². The topological polar surface area (TPSA) is 65.1 Å². The SMILES string of the molecule is COc1ccccc1OCCN1C(=O)S/C(=C\c2cc(Br)c(OCc3ccc(C)cc3)c(Br)c2)C1=O. The van der Waals surface area contributed by atoms with E-state index in [0.717, 1.165) is 31.8 Å². The molecule has 0 atom stereocenters. The molecule has 6 nitrogen and oxygen atoms in total. The van der Waals surface area contributed by atoms with Crippen LogP contribution in [0.15, 0.2) is 74.5 Å². The van der Waals surface area contributed by atoms with Crippen LogP contribution in [0, 0.1) is 6.92 Å². The molecule has 0 unspecified atom stereocenters. The zero-order valence-corrected chi connectivity index (χ0v) is 23.6. The molecule has 0 bridgehead atoms. The molecular formula is C27H23Br2NO5S. The molecule has 0 aliphatic carbocycles. The predicted octanol–water partition coefficient (Wildman–Crippen LogP) is 7.22. The number of thioether (sulfide) groups is 1. The van der Waals surface area contributed by atoms with Crippen molar-refractivity contribution in [3.8, 4) is 17.2 Å². The van der Waals surface area contributed by atoms with Gasteiger partial charge in [-0.25, -0.2) is 0 Å². The number of ether oxygens (including phenoxy) is 3. The summed E-state index contributed by atoms with van der Waals surface area (Å²) in [6.07, 6.45) is 1.70. The summed E-state index contributed by atoms with van der Waals surface area (Å²) >= 11 is 8.03. The van der Waals surface area contributed by atoms with E-state index in [1.54, 1.807) is 25.3 Å². The molecule has 1 aliphatic rings. The monoisotopic (exact) mass is 631 g/mol. The van der Waals surface area contributed by atoms with Crippen LogP contribution in [0.2, 0.25) is 0 Å². The molecule has 2 amide bonds. The molecule has 0 aromatic heterocycles. The summed E-state index contributed by atoms with van der Waals surface area (Å²) in [5.74, 6) is 1.46. The van der Waals surface area contributed by atoms with E-state index in [1.807, 2.05) is 55.5 Å². The Hall–Kier alpha value is -2.75. The standard InChI is InChI=1S/C27H23Br2NO5S/c1-17-7-9-18(10-8-17)16-35-25-20(28)13-19(14-21(25)29)15-24-26(31)30(27(32)36-24)11-12-34-23-6-4-3-5-22(23)33-2/h3-10,13-15H,11-12,16H2,1-2H3/b24-15-. The van der Waals surface area contributed by atoms with E-state index < -0.39 is 0 Å². The molecule has 0 N–H and O–H groups in total.